The number of piperazine rings is 1. The normalized spacial score (nSPS) is 16.6. The van der Waals surface area contributed by atoms with Crippen LogP contribution in [0.5, 0.6) is 0 Å². The summed E-state index contributed by atoms with van der Waals surface area (Å²) in [6.45, 7) is 3.54. The van der Waals surface area contributed by atoms with Gasteiger partial charge in [-0.15, -0.1) is 0 Å². The second-order valence-electron chi connectivity index (χ2n) is 5.75. The fraction of sp³-hybridized carbons (Fsp3) is 0.562. The summed E-state index contributed by atoms with van der Waals surface area (Å²) in [4.78, 5) is 15.8. The minimum absolute atomic E-state index is 0.106. The molecule has 1 heterocycles. The van der Waals surface area contributed by atoms with Crippen molar-refractivity contribution >= 4 is 5.91 Å². The number of alkyl halides is 3. The van der Waals surface area contributed by atoms with Crippen molar-refractivity contribution in [2.24, 2.45) is 5.73 Å². The summed E-state index contributed by atoms with van der Waals surface area (Å²) in [5, 5.41) is 0. The summed E-state index contributed by atoms with van der Waals surface area (Å²) in [7, 11) is 0. The third-order valence-corrected chi connectivity index (χ3v) is 3.98. The first-order valence-corrected chi connectivity index (χ1v) is 7.76. The molecule has 2 N–H and O–H groups in total. The smallest absolute Gasteiger partial charge is 0.340 e. The van der Waals surface area contributed by atoms with Crippen LogP contribution in [0.4, 0.5) is 13.2 Å². The Labute approximate surface area is 134 Å². The molecule has 0 radical (unpaired) electrons. The number of rotatable bonds is 5. The zero-order valence-corrected chi connectivity index (χ0v) is 13.0. The van der Waals surface area contributed by atoms with Crippen molar-refractivity contribution < 1.29 is 18.0 Å². The maximum Gasteiger partial charge on any atom is 0.416 e. The minimum atomic E-state index is -4.32. The lowest BCUT2D eigenvalue weighted by atomic mass is 10.1. The highest BCUT2D eigenvalue weighted by atomic mass is 19.4. The number of carbonyl (C=O) groups excluding carboxylic acids is 1. The maximum atomic E-state index is 12.7. The van der Waals surface area contributed by atoms with Crippen LogP contribution in [0.15, 0.2) is 24.3 Å². The summed E-state index contributed by atoms with van der Waals surface area (Å²) in [5.74, 6) is 0.106. The van der Waals surface area contributed by atoms with E-state index in [9.17, 15) is 18.0 Å². The molecule has 1 aromatic rings. The minimum Gasteiger partial charge on any atom is -0.340 e. The van der Waals surface area contributed by atoms with E-state index in [1.165, 1.54) is 12.1 Å². The van der Waals surface area contributed by atoms with Crippen molar-refractivity contribution in [3.05, 3.63) is 35.4 Å². The monoisotopic (exact) mass is 329 g/mol. The van der Waals surface area contributed by atoms with E-state index in [-0.39, 0.29) is 5.91 Å². The second-order valence-corrected chi connectivity index (χ2v) is 5.75. The van der Waals surface area contributed by atoms with Gasteiger partial charge in [0, 0.05) is 39.1 Å². The van der Waals surface area contributed by atoms with Gasteiger partial charge >= 0.3 is 6.18 Å². The number of carbonyl (C=O) groups is 1. The zero-order chi connectivity index (χ0) is 16.9. The number of halogens is 3. The molecule has 4 nitrogen and oxygen atoms in total. The van der Waals surface area contributed by atoms with Crippen LogP contribution in [0, 0.1) is 0 Å². The Hall–Kier alpha value is -1.60. The van der Waals surface area contributed by atoms with Gasteiger partial charge < -0.3 is 10.6 Å². The van der Waals surface area contributed by atoms with Crippen LogP contribution in [-0.4, -0.2) is 48.4 Å². The quantitative estimate of drug-likeness (QED) is 0.900. The average molecular weight is 329 g/mol. The van der Waals surface area contributed by atoms with Crippen molar-refractivity contribution in [2.45, 2.75) is 25.6 Å². The maximum absolute atomic E-state index is 12.7. The molecule has 1 aliphatic rings. The molecule has 0 aromatic heterocycles. The van der Waals surface area contributed by atoms with Crippen LogP contribution < -0.4 is 5.73 Å². The number of hydrogen-bond donors (Lipinski definition) is 1. The number of nitrogens with two attached hydrogens (primary N) is 1. The van der Waals surface area contributed by atoms with Gasteiger partial charge in [0.25, 0.3) is 0 Å². The SMILES string of the molecule is NCCCC(=O)N1CCN(Cc2cccc(C(F)(F)F)c2)CC1. The van der Waals surface area contributed by atoms with E-state index >= 15 is 0 Å². The first kappa shape index (κ1) is 17.7. The third kappa shape index (κ3) is 5.21. The molecule has 0 saturated carbocycles. The number of benzene rings is 1. The fourth-order valence-electron chi connectivity index (χ4n) is 2.67. The lowest BCUT2D eigenvalue weighted by Gasteiger charge is -2.35. The first-order chi connectivity index (χ1) is 10.9. The molecule has 1 saturated heterocycles. The van der Waals surface area contributed by atoms with E-state index in [1.807, 2.05) is 0 Å². The molecular formula is C16H22F3N3O. The third-order valence-electron chi connectivity index (χ3n) is 3.98. The van der Waals surface area contributed by atoms with Gasteiger partial charge in [-0.2, -0.15) is 13.2 Å². The van der Waals surface area contributed by atoms with E-state index in [0.717, 1.165) is 6.07 Å². The van der Waals surface area contributed by atoms with E-state index in [1.54, 1.807) is 11.0 Å². The Morgan fingerprint density at radius 2 is 1.87 bits per heavy atom. The van der Waals surface area contributed by atoms with Gasteiger partial charge in [0.1, 0.15) is 0 Å². The Morgan fingerprint density at radius 3 is 2.48 bits per heavy atom. The largest absolute Gasteiger partial charge is 0.416 e. The van der Waals surface area contributed by atoms with E-state index in [0.29, 0.717) is 57.7 Å². The highest BCUT2D eigenvalue weighted by Gasteiger charge is 2.30. The van der Waals surface area contributed by atoms with Gasteiger partial charge in [-0.1, -0.05) is 18.2 Å². The Balaban J connectivity index is 1.86. The number of hydrogen-bond acceptors (Lipinski definition) is 3. The standard InChI is InChI=1S/C16H22F3N3O/c17-16(18,19)14-4-1-3-13(11-14)12-21-7-9-22(10-8-21)15(23)5-2-6-20/h1,3-4,11H,2,5-10,12,20H2. The molecule has 1 amide bonds. The van der Waals surface area contributed by atoms with Crippen molar-refractivity contribution in [3.8, 4) is 0 Å². The first-order valence-electron chi connectivity index (χ1n) is 7.76. The van der Waals surface area contributed by atoms with E-state index in [2.05, 4.69) is 4.90 Å². The molecule has 0 aliphatic carbocycles. The van der Waals surface area contributed by atoms with Crippen molar-refractivity contribution in [3.63, 3.8) is 0 Å². The Kier molecular flexibility index (Phi) is 6.01. The molecule has 7 heteroatoms. The van der Waals surface area contributed by atoms with Gasteiger partial charge in [0.05, 0.1) is 5.56 Å². The van der Waals surface area contributed by atoms with Gasteiger partial charge in [0.2, 0.25) is 5.91 Å². The molecular weight excluding hydrogens is 307 g/mol. The van der Waals surface area contributed by atoms with E-state index in [4.69, 9.17) is 5.73 Å². The molecule has 1 aliphatic heterocycles. The molecule has 23 heavy (non-hydrogen) atoms. The molecule has 0 unspecified atom stereocenters. The topological polar surface area (TPSA) is 49.6 Å². The van der Waals surface area contributed by atoms with E-state index < -0.39 is 11.7 Å². The van der Waals surface area contributed by atoms with Crippen LogP contribution >= 0.6 is 0 Å². The summed E-state index contributed by atoms with van der Waals surface area (Å²) in [6, 6.07) is 5.41. The highest BCUT2D eigenvalue weighted by Crippen LogP contribution is 2.29. The van der Waals surface area contributed by atoms with Crippen LogP contribution in [-0.2, 0) is 17.5 Å². The highest BCUT2D eigenvalue weighted by molar-refractivity contribution is 5.76. The van der Waals surface area contributed by atoms with Crippen LogP contribution in [0.2, 0.25) is 0 Å². The summed E-state index contributed by atoms with van der Waals surface area (Å²) in [6.07, 6.45) is -3.17. The molecule has 1 aromatic carbocycles. The fourth-order valence-corrected chi connectivity index (χ4v) is 2.67. The summed E-state index contributed by atoms with van der Waals surface area (Å²) >= 11 is 0. The Bertz CT molecular complexity index is 526. The predicted octanol–water partition coefficient (Wildman–Crippen LogP) is 2.09. The summed E-state index contributed by atoms with van der Waals surface area (Å²) in [5.41, 5.74) is 5.42. The number of nitrogens with zero attached hydrogens (tertiary/aromatic N) is 2. The molecule has 2 rings (SSSR count). The molecule has 0 atom stereocenters. The number of amides is 1. The van der Waals surface area contributed by atoms with Crippen LogP contribution in [0.1, 0.15) is 24.0 Å². The van der Waals surface area contributed by atoms with Gasteiger partial charge in [0.15, 0.2) is 0 Å². The second kappa shape index (κ2) is 7.79. The average Bonchev–Trinajstić information content (AvgIpc) is 2.53. The molecule has 0 spiro atoms. The lowest BCUT2D eigenvalue weighted by Crippen LogP contribution is -2.48. The van der Waals surface area contributed by atoms with Crippen molar-refractivity contribution in [1.82, 2.24) is 9.80 Å². The molecule has 0 bridgehead atoms. The lowest BCUT2D eigenvalue weighted by molar-refractivity contribution is -0.137. The zero-order valence-electron chi connectivity index (χ0n) is 13.0. The molecule has 1 fully saturated rings. The van der Waals surface area contributed by atoms with Crippen LogP contribution in [0.25, 0.3) is 0 Å². The van der Waals surface area contributed by atoms with Crippen molar-refractivity contribution in [1.29, 1.82) is 0 Å². The van der Waals surface area contributed by atoms with Crippen molar-refractivity contribution in [2.75, 3.05) is 32.7 Å². The van der Waals surface area contributed by atoms with Gasteiger partial charge in [-0.25, -0.2) is 0 Å². The predicted molar refractivity (Wildman–Crippen MR) is 81.6 cm³/mol. The summed E-state index contributed by atoms with van der Waals surface area (Å²) < 4.78 is 38.2. The molecule has 128 valence electrons. The van der Waals surface area contributed by atoms with Gasteiger partial charge in [-0.3, -0.25) is 9.69 Å². The Morgan fingerprint density at radius 1 is 1.17 bits per heavy atom. The van der Waals surface area contributed by atoms with Gasteiger partial charge in [-0.05, 0) is 24.6 Å². The van der Waals surface area contributed by atoms with Crippen LogP contribution in [0.3, 0.4) is 0 Å².